The van der Waals surface area contributed by atoms with Crippen LogP contribution >= 0.6 is 0 Å². The number of nitrogens with one attached hydrogen (secondary N) is 2. The minimum Gasteiger partial charge on any atom is -0.494 e. The Morgan fingerprint density at radius 1 is 1.13 bits per heavy atom. The molecular weight excluding hydrogens is 320 g/mol. The van der Waals surface area contributed by atoms with Gasteiger partial charge in [-0.15, -0.1) is 0 Å². The van der Waals surface area contributed by atoms with Crippen LogP contribution in [0.2, 0.25) is 0 Å². The van der Waals surface area contributed by atoms with Crippen molar-refractivity contribution in [1.29, 1.82) is 0 Å². The van der Waals surface area contributed by atoms with Crippen LogP contribution in [0.15, 0.2) is 24.3 Å². The van der Waals surface area contributed by atoms with Crippen LogP contribution in [0, 0.1) is 0 Å². The molecule has 0 aliphatic rings. The molecule has 0 fully saturated rings. The minimum atomic E-state index is -2.65. The molecular formula is C15H24N2O5S. The fraction of sp³-hybridized carbons (Fsp3) is 0.533. The first-order valence-electron chi connectivity index (χ1n) is 7.37. The summed E-state index contributed by atoms with van der Waals surface area (Å²) in [5, 5.41) is 2.68. The lowest BCUT2D eigenvalue weighted by molar-refractivity contribution is 0.0526. The molecule has 1 aromatic carbocycles. The van der Waals surface area contributed by atoms with Crippen molar-refractivity contribution in [3.05, 3.63) is 24.3 Å². The highest BCUT2D eigenvalue weighted by molar-refractivity contribution is 7.73. The van der Waals surface area contributed by atoms with Crippen molar-refractivity contribution >= 4 is 22.7 Å². The lowest BCUT2D eigenvalue weighted by Crippen LogP contribution is -2.33. The number of carbonyl (C=O) groups is 1. The molecule has 2 N–H and O–H groups in total. The highest BCUT2D eigenvalue weighted by Crippen LogP contribution is 2.15. The van der Waals surface area contributed by atoms with Gasteiger partial charge >= 0.3 is 6.09 Å². The second-order valence-corrected chi connectivity index (χ2v) is 6.62. The monoisotopic (exact) mass is 344 g/mol. The van der Waals surface area contributed by atoms with Crippen molar-refractivity contribution in [3.63, 3.8) is 0 Å². The standard InChI is InChI=1S/C15H24N2O5S/c1-15(2,3)22-14(18)16-10-4-5-11-21-13-8-6-12(7-9-13)17-23(19)20/h6-9,23H,4-5,10-11H2,1-3H3,(H,16,18)(H,17,19,20). The van der Waals surface area contributed by atoms with Crippen molar-refractivity contribution in [2.45, 2.75) is 39.2 Å². The Bertz CT molecular complexity index is 556. The maximum Gasteiger partial charge on any atom is 0.407 e. The Kier molecular flexibility index (Phi) is 7.67. The SMILES string of the molecule is CC(C)(C)OC(=O)NCCCCOc1ccc(N[SH](=O)=O)cc1. The van der Waals surface area contributed by atoms with E-state index in [0.717, 1.165) is 12.8 Å². The predicted molar refractivity (Wildman–Crippen MR) is 89.3 cm³/mol. The maximum absolute atomic E-state index is 11.4. The molecule has 0 heterocycles. The summed E-state index contributed by atoms with van der Waals surface area (Å²) in [6.07, 6.45) is 1.14. The zero-order chi connectivity index (χ0) is 17.3. The zero-order valence-electron chi connectivity index (χ0n) is 13.6. The molecule has 0 aliphatic heterocycles. The molecule has 7 nitrogen and oxygen atoms in total. The summed E-state index contributed by atoms with van der Waals surface area (Å²) >= 11 is 0. The minimum absolute atomic E-state index is 0.418. The molecule has 0 radical (unpaired) electrons. The smallest absolute Gasteiger partial charge is 0.407 e. The molecule has 0 bridgehead atoms. The molecule has 0 aromatic heterocycles. The van der Waals surface area contributed by atoms with E-state index in [1.54, 1.807) is 24.3 Å². The second-order valence-electron chi connectivity index (χ2n) is 5.88. The lowest BCUT2D eigenvalue weighted by Gasteiger charge is -2.19. The van der Waals surface area contributed by atoms with Gasteiger partial charge in [-0.2, -0.15) is 0 Å². The van der Waals surface area contributed by atoms with Crippen LogP contribution in [-0.2, 0) is 15.6 Å². The number of benzene rings is 1. The molecule has 0 spiro atoms. The number of alkyl carbamates (subject to hydrolysis) is 1. The Hall–Kier alpha value is -1.96. The van der Waals surface area contributed by atoms with Gasteiger partial charge in [-0.1, -0.05) is 0 Å². The number of rotatable bonds is 8. The maximum atomic E-state index is 11.4. The summed E-state index contributed by atoms with van der Waals surface area (Å²) in [6.45, 7) is 6.49. The molecule has 1 rings (SSSR count). The highest BCUT2D eigenvalue weighted by Gasteiger charge is 2.15. The average molecular weight is 344 g/mol. The van der Waals surface area contributed by atoms with Gasteiger partial charge in [-0.25, -0.2) is 13.2 Å². The second kappa shape index (κ2) is 9.24. The van der Waals surface area contributed by atoms with Crippen LogP contribution in [0.25, 0.3) is 0 Å². The highest BCUT2D eigenvalue weighted by atomic mass is 32.2. The van der Waals surface area contributed by atoms with Crippen LogP contribution < -0.4 is 14.8 Å². The molecule has 0 atom stereocenters. The summed E-state index contributed by atoms with van der Waals surface area (Å²) in [5.74, 6) is 0.664. The Labute approximate surface area is 138 Å². The van der Waals surface area contributed by atoms with Crippen molar-refractivity contribution in [2.24, 2.45) is 0 Å². The van der Waals surface area contributed by atoms with E-state index >= 15 is 0 Å². The quantitative estimate of drug-likeness (QED) is 0.497. The predicted octanol–water partition coefficient (Wildman–Crippen LogP) is 2.31. The number of thiol groups is 1. The van der Waals surface area contributed by atoms with E-state index in [0.29, 0.717) is 24.6 Å². The lowest BCUT2D eigenvalue weighted by atomic mass is 10.2. The number of unbranched alkanes of at least 4 members (excludes halogenated alkanes) is 1. The normalized spacial score (nSPS) is 11.1. The average Bonchev–Trinajstić information content (AvgIpc) is 2.42. The van der Waals surface area contributed by atoms with Gasteiger partial charge in [-0.05, 0) is 57.9 Å². The third kappa shape index (κ3) is 9.62. The van der Waals surface area contributed by atoms with Crippen LogP contribution in [-0.4, -0.2) is 33.3 Å². The molecule has 1 aromatic rings. The van der Waals surface area contributed by atoms with Crippen molar-refractivity contribution in [1.82, 2.24) is 5.32 Å². The van der Waals surface area contributed by atoms with Gasteiger partial charge in [0.25, 0.3) is 0 Å². The van der Waals surface area contributed by atoms with E-state index in [2.05, 4.69) is 10.0 Å². The number of hydrogen-bond acceptors (Lipinski definition) is 5. The van der Waals surface area contributed by atoms with E-state index in [-0.39, 0.29) is 0 Å². The van der Waals surface area contributed by atoms with Crippen molar-refractivity contribution in [2.75, 3.05) is 17.9 Å². The molecule has 1 amide bonds. The van der Waals surface area contributed by atoms with E-state index in [1.807, 2.05) is 20.8 Å². The zero-order valence-corrected chi connectivity index (χ0v) is 14.5. The number of hydrogen-bond donors (Lipinski definition) is 3. The molecule has 0 saturated carbocycles. The number of anilines is 1. The first kappa shape index (κ1) is 19.1. The van der Waals surface area contributed by atoms with Gasteiger partial charge in [-0.3, -0.25) is 4.72 Å². The Morgan fingerprint density at radius 3 is 2.35 bits per heavy atom. The fourth-order valence-electron chi connectivity index (χ4n) is 1.65. The van der Waals surface area contributed by atoms with Gasteiger partial charge in [0.1, 0.15) is 11.4 Å². The summed E-state index contributed by atoms with van der Waals surface area (Å²) < 4.78 is 34.0. The Morgan fingerprint density at radius 2 is 1.78 bits per heavy atom. The molecule has 8 heteroatoms. The summed E-state index contributed by atoms with van der Waals surface area (Å²) in [4.78, 5) is 11.4. The van der Waals surface area contributed by atoms with Gasteiger partial charge < -0.3 is 14.8 Å². The molecule has 0 unspecified atom stereocenters. The van der Waals surface area contributed by atoms with E-state index in [1.165, 1.54) is 0 Å². The van der Waals surface area contributed by atoms with E-state index in [9.17, 15) is 13.2 Å². The third-order valence-corrected chi connectivity index (χ3v) is 3.02. The number of amides is 1. The van der Waals surface area contributed by atoms with E-state index in [4.69, 9.17) is 9.47 Å². The third-order valence-electron chi connectivity index (χ3n) is 2.58. The van der Waals surface area contributed by atoms with E-state index < -0.39 is 22.6 Å². The fourth-order valence-corrected chi connectivity index (χ4v) is 2.01. The molecule has 130 valence electrons. The summed E-state index contributed by atoms with van der Waals surface area (Å²) in [5.41, 5.74) is 0.00290. The molecule has 0 saturated heterocycles. The van der Waals surface area contributed by atoms with Gasteiger partial charge in [0.05, 0.1) is 6.61 Å². The first-order valence-corrected chi connectivity index (χ1v) is 8.55. The number of ether oxygens (including phenoxy) is 2. The van der Waals surface area contributed by atoms with Gasteiger partial charge in [0, 0.05) is 12.2 Å². The van der Waals surface area contributed by atoms with Gasteiger partial charge in [0.2, 0.25) is 10.9 Å². The van der Waals surface area contributed by atoms with Gasteiger partial charge in [0.15, 0.2) is 0 Å². The molecule has 0 aliphatic carbocycles. The summed E-state index contributed by atoms with van der Waals surface area (Å²) in [6, 6.07) is 6.65. The van der Waals surface area contributed by atoms with Crippen LogP contribution in [0.5, 0.6) is 5.75 Å². The van der Waals surface area contributed by atoms with Crippen molar-refractivity contribution < 1.29 is 22.7 Å². The molecule has 23 heavy (non-hydrogen) atoms. The van der Waals surface area contributed by atoms with Crippen LogP contribution in [0.3, 0.4) is 0 Å². The summed E-state index contributed by atoms with van der Waals surface area (Å²) in [7, 11) is -2.65. The topological polar surface area (TPSA) is 93.7 Å². The first-order chi connectivity index (χ1) is 10.8. The van der Waals surface area contributed by atoms with Crippen LogP contribution in [0.1, 0.15) is 33.6 Å². The van der Waals surface area contributed by atoms with Crippen molar-refractivity contribution in [3.8, 4) is 5.75 Å². The van der Waals surface area contributed by atoms with Crippen LogP contribution in [0.4, 0.5) is 10.5 Å². The number of carbonyl (C=O) groups excluding carboxylic acids is 1. The largest absolute Gasteiger partial charge is 0.494 e. The Balaban J connectivity index is 2.14.